The molecular formula is C16H18FN. The first-order chi connectivity index (χ1) is 8.72. The Balaban J connectivity index is 2.31. The van der Waals surface area contributed by atoms with Crippen LogP contribution in [0.2, 0.25) is 0 Å². The van der Waals surface area contributed by atoms with Crippen LogP contribution in [-0.2, 0) is 0 Å². The Morgan fingerprint density at radius 3 is 2.44 bits per heavy atom. The standard InChI is InChI=1S/C16H18FN/c1-12(9-10-18)14-7-8-15(16(17)11-14)13-5-3-2-4-6-13/h2-8,11-12H,9-10,18H2,1H3. The molecule has 18 heavy (non-hydrogen) atoms. The van der Waals surface area contributed by atoms with Crippen molar-refractivity contribution in [2.75, 3.05) is 6.54 Å². The molecule has 2 N–H and O–H groups in total. The molecule has 0 aromatic heterocycles. The predicted octanol–water partition coefficient (Wildman–Crippen LogP) is 3.95. The third kappa shape index (κ3) is 2.77. The fourth-order valence-corrected chi connectivity index (χ4v) is 2.11. The van der Waals surface area contributed by atoms with E-state index >= 15 is 0 Å². The molecule has 2 aromatic carbocycles. The first-order valence-electron chi connectivity index (χ1n) is 6.27. The topological polar surface area (TPSA) is 26.0 Å². The molecule has 0 aliphatic carbocycles. The minimum Gasteiger partial charge on any atom is -0.330 e. The summed E-state index contributed by atoms with van der Waals surface area (Å²) < 4.78 is 14.1. The Hall–Kier alpha value is -1.67. The summed E-state index contributed by atoms with van der Waals surface area (Å²) in [5, 5.41) is 0. The van der Waals surface area contributed by atoms with Crippen molar-refractivity contribution in [1.29, 1.82) is 0 Å². The van der Waals surface area contributed by atoms with Crippen LogP contribution >= 0.6 is 0 Å². The van der Waals surface area contributed by atoms with E-state index in [9.17, 15) is 4.39 Å². The summed E-state index contributed by atoms with van der Waals surface area (Å²) in [5.74, 6) is 0.136. The number of rotatable bonds is 4. The van der Waals surface area contributed by atoms with E-state index in [0.29, 0.717) is 18.0 Å². The maximum atomic E-state index is 14.1. The third-order valence-corrected chi connectivity index (χ3v) is 3.25. The minimum absolute atomic E-state index is 0.164. The van der Waals surface area contributed by atoms with Crippen molar-refractivity contribution in [2.45, 2.75) is 19.3 Å². The van der Waals surface area contributed by atoms with Gasteiger partial charge >= 0.3 is 0 Å². The van der Waals surface area contributed by atoms with Crippen LogP contribution in [0.25, 0.3) is 11.1 Å². The normalized spacial score (nSPS) is 12.4. The van der Waals surface area contributed by atoms with Gasteiger partial charge in [-0.2, -0.15) is 0 Å². The van der Waals surface area contributed by atoms with Gasteiger partial charge in [-0.3, -0.25) is 0 Å². The summed E-state index contributed by atoms with van der Waals surface area (Å²) in [5.41, 5.74) is 8.11. The number of nitrogens with two attached hydrogens (primary N) is 1. The van der Waals surface area contributed by atoms with Crippen molar-refractivity contribution < 1.29 is 4.39 Å². The molecule has 2 aromatic rings. The molecule has 0 saturated carbocycles. The van der Waals surface area contributed by atoms with E-state index in [-0.39, 0.29) is 5.82 Å². The first-order valence-corrected chi connectivity index (χ1v) is 6.27. The van der Waals surface area contributed by atoms with Gasteiger partial charge < -0.3 is 5.73 Å². The summed E-state index contributed by atoms with van der Waals surface area (Å²) in [6, 6.07) is 15.1. The maximum Gasteiger partial charge on any atom is 0.131 e. The molecule has 0 fully saturated rings. The molecule has 0 aliphatic heterocycles. The Kier molecular flexibility index (Phi) is 4.11. The SMILES string of the molecule is CC(CCN)c1ccc(-c2ccccc2)c(F)c1. The number of hydrogen-bond donors (Lipinski definition) is 1. The van der Waals surface area contributed by atoms with Gasteiger partial charge in [0.05, 0.1) is 0 Å². The Bertz CT molecular complexity index is 508. The smallest absolute Gasteiger partial charge is 0.131 e. The highest BCUT2D eigenvalue weighted by molar-refractivity contribution is 5.64. The summed E-state index contributed by atoms with van der Waals surface area (Å²) in [6.45, 7) is 2.70. The Morgan fingerprint density at radius 2 is 1.83 bits per heavy atom. The van der Waals surface area contributed by atoms with E-state index < -0.39 is 0 Å². The van der Waals surface area contributed by atoms with Gasteiger partial charge in [0.15, 0.2) is 0 Å². The van der Waals surface area contributed by atoms with E-state index in [2.05, 4.69) is 6.92 Å². The lowest BCUT2D eigenvalue weighted by Gasteiger charge is -2.12. The number of benzene rings is 2. The molecule has 2 rings (SSSR count). The highest BCUT2D eigenvalue weighted by Crippen LogP contribution is 2.27. The van der Waals surface area contributed by atoms with Gasteiger partial charge in [0.25, 0.3) is 0 Å². The van der Waals surface area contributed by atoms with E-state index in [0.717, 1.165) is 17.5 Å². The van der Waals surface area contributed by atoms with Gasteiger partial charge in [-0.1, -0.05) is 49.4 Å². The highest BCUT2D eigenvalue weighted by Gasteiger charge is 2.09. The van der Waals surface area contributed by atoms with E-state index in [1.165, 1.54) is 0 Å². The molecule has 0 heterocycles. The molecule has 0 bridgehead atoms. The van der Waals surface area contributed by atoms with Crippen molar-refractivity contribution >= 4 is 0 Å². The van der Waals surface area contributed by atoms with Crippen LogP contribution in [-0.4, -0.2) is 6.54 Å². The van der Waals surface area contributed by atoms with Gasteiger partial charge in [-0.15, -0.1) is 0 Å². The monoisotopic (exact) mass is 243 g/mol. The van der Waals surface area contributed by atoms with Crippen molar-refractivity contribution in [3.63, 3.8) is 0 Å². The molecule has 0 amide bonds. The molecule has 2 heteroatoms. The molecule has 1 atom stereocenters. The number of hydrogen-bond acceptors (Lipinski definition) is 1. The van der Waals surface area contributed by atoms with Gasteiger partial charge in [0.1, 0.15) is 5.82 Å². The molecule has 0 spiro atoms. The van der Waals surface area contributed by atoms with Gasteiger partial charge in [0, 0.05) is 5.56 Å². The summed E-state index contributed by atoms with van der Waals surface area (Å²) >= 11 is 0. The maximum absolute atomic E-state index is 14.1. The van der Waals surface area contributed by atoms with Crippen molar-refractivity contribution in [2.24, 2.45) is 5.73 Å². The minimum atomic E-state index is -0.164. The van der Waals surface area contributed by atoms with Gasteiger partial charge in [0.2, 0.25) is 0 Å². The van der Waals surface area contributed by atoms with Gasteiger partial charge in [-0.05, 0) is 36.1 Å². The quantitative estimate of drug-likeness (QED) is 0.864. The van der Waals surface area contributed by atoms with Crippen molar-refractivity contribution in [1.82, 2.24) is 0 Å². The van der Waals surface area contributed by atoms with Gasteiger partial charge in [-0.25, -0.2) is 4.39 Å². The predicted molar refractivity (Wildman–Crippen MR) is 73.9 cm³/mol. The molecule has 0 saturated heterocycles. The molecule has 1 nitrogen and oxygen atoms in total. The van der Waals surface area contributed by atoms with Crippen LogP contribution in [0.15, 0.2) is 48.5 Å². The second kappa shape index (κ2) is 5.78. The lowest BCUT2D eigenvalue weighted by atomic mass is 9.95. The largest absolute Gasteiger partial charge is 0.330 e. The van der Waals surface area contributed by atoms with Crippen molar-refractivity contribution in [3.05, 3.63) is 59.9 Å². The molecule has 0 aliphatic rings. The summed E-state index contributed by atoms with van der Waals surface area (Å²) in [4.78, 5) is 0. The Morgan fingerprint density at radius 1 is 1.11 bits per heavy atom. The summed E-state index contributed by atoms with van der Waals surface area (Å²) in [7, 11) is 0. The van der Waals surface area contributed by atoms with E-state index in [1.807, 2.05) is 42.5 Å². The second-order valence-electron chi connectivity index (χ2n) is 4.58. The Labute approximate surface area is 107 Å². The van der Waals surface area contributed by atoms with Crippen LogP contribution in [0.5, 0.6) is 0 Å². The average Bonchev–Trinajstić information content (AvgIpc) is 2.40. The lowest BCUT2D eigenvalue weighted by Crippen LogP contribution is -2.04. The van der Waals surface area contributed by atoms with E-state index in [4.69, 9.17) is 5.73 Å². The molecule has 94 valence electrons. The highest BCUT2D eigenvalue weighted by atomic mass is 19.1. The zero-order valence-electron chi connectivity index (χ0n) is 10.6. The zero-order chi connectivity index (χ0) is 13.0. The van der Waals surface area contributed by atoms with E-state index in [1.54, 1.807) is 6.07 Å². The molecule has 1 unspecified atom stereocenters. The lowest BCUT2D eigenvalue weighted by molar-refractivity contribution is 0.620. The second-order valence-corrected chi connectivity index (χ2v) is 4.58. The van der Waals surface area contributed by atoms with Crippen molar-refractivity contribution in [3.8, 4) is 11.1 Å². The third-order valence-electron chi connectivity index (χ3n) is 3.25. The zero-order valence-corrected chi connectivity index (χ0v) is 10.6. The fourth-order valence-electron chi connectivity index (χ4n) is 2.11. The van der Waals surface area contributed by atoms with Crippen LogP contribution < -0.4 is 5.73 Å². The van der Waals surface area contributed by atoms with Crippen LogP contribution in [0.4, 0.5) is 4.39 Å². The summed E-state index contributed by atoms with van der Waals surface area (Å²) in [6.07, 6.45) is 0.879. The molecular weight excluding hydrogens is 225 g/mol. The van der Waals surface area contributed by atoms with Crippen LogP contribution in [0.3, 0.4) is 0 Å². The van der Waals surface area contributed by atoms with Crippen LogP contribution in [0, 0.1) is 5.82 Å². The molecule has 0 radical (unpaired) electrons. The number of halogens is 1. The fraction of sp³-hybridized carbons (Fsp3) is 0.250. The first kappa shape index (κ1) is 12.8. The van der Waals surface area contributed by atoms with Crippen LogP contribution in [0.1, 0.15) is 24.8 Å². The average molecular weight is 243 g/mol.